The van der Waals surface area contributed by atoms with Crippen molar-refractivity contribution in [3.05, 3.63) is 23.8 Å². The number of hydrogen-bond acceptors (Lipinski definition) is 5. The highest BCUT2D eigenvalue weighted by Gasteiger charge is 2.28. The molecular formula is C15H23N3O2. The molecule has 2 N–H and O–H groups in total. The number of benzene rings is 1. The van der Waals surface area contributed by atoms with Crippen LogP contribution in [0.1, 0.15) is 25.5 Å². The van der Waals surface area contributed by atoms with Crippen molar-refractivity contribution >= 4 is 5.96 Å². The van der Waals surface area contributed by atoms with Crippen LogP contribution in [0.2, 0.25) is 0 Å². The molecular weight excluding hydrogens is 254 g/mol. The Kier molecular flexibility index (Phi) is 4.37. The Morgan fingerprint density at radius 2 is 2.00 bits per heavy atom. The first-order chi connectivity index (χ1) is 9.56. The molecule has 1 aromatic carbocycles. The van der Waals surface area contributed by atoms with E-state index in [0.29, 0.717) is 18.4 Å². The van der Waals surface area contributed by atoms with Gasteiger partial charge in [-0.25, -0.2) is 0 Å². The summed E-state index contributed by atoms with van der Waals surface area (Å²) in [5, 5.41) is 0. The standard InChI is InChI=1S/C15H23N3O2/c1-10(2)9-18-12(8-17-15(18)16)11-5-6-13(19-3)14(7-11)20-4/h5-7,10,12H,8-9H2,1-4H3,(H2,16,17). The van der Waals surface area contributed by atoms with Crippen molar-refractivity contribution < 1.29 is 9.47 Å². The molecule has 1 aliphatic heterocycles. The number of nitrogens with zero attached hydrogens (tertiary/aromatic N) is 2. The van der Waals surface area contributed by atoms with Gasteiger partial charge in [-0.15, -0.1) is 0 Å². The summed E-state index contributed by atoms with van der Waals surface area (Å²) >= 11 is 0. The third kappa shape index (κ3) is 2.81. The van der Waals surface area contributed by atoms with Gasteiger partial charge < -0.3 is 20.1 Å². The highest BCUT2D eigenvalue weighted by molar-refractivity contribution is 5.80. The Morgan fingerprint density at radius 3 is 2.60 bits per heavy atom. The molecule has 0 amide bonds. The summed E-state index contributed by atoms with van der Waals surface area (Å²) in [5.41, 5.74) is 7.15. The van der Waals surface area contributed by atoms with E-state index in [4.69, 9.17) is 15.2 Å². The van der Waals surface area contributed by atoms with Gasteiger partial charge >= 0.3 is 0 Å². The largest absolute Gasteiger partial charge is 0.493 e. The van der Waals surface area contributed by atoms with E-state index < -0.39 is 0 Å². The number of ether oxygens (including phenoxy) is 2. The number of nitrogens with two attached hydrogens (primary N) is 1. The van der Waals surface area contributed by atoms with E-state index >= 15 is 0 Å². The molecule has 20 heavy (non-hydrogen) atoms. The molecule has 5 heteroatoms. The van der Waals surface area contributed by atoms with Gasteiger partial charge in [-0.05, 0) is 23.6 Å². The van der Waals surface area contributed by atoms with Gasteiger partial charge in [0.1, 0.15) is 0 Å². The number of aliphatic imine (C=N–C) groups is 1. The quantitative estimate of drug-likeness (QED) is 0.894. The molecule has 5 nitrogen and oxygen atoms in total. The lowest BCUT2D eigenvalue weighted by Gasteiger charge is -2.28. The minimum atomic E-state index is 0.178. The summed E-state index contributed by atoms with van der Waals surface area (Å²) < 4.78 is 10.6. The molecule has 0 fully saturated rings. The Bertz CT molecular complexity index is 500. The van der Waals surface area contributed by atoms with E-state index in [0.717, 1.165) is 23.6 Å². The van der Waals surface area contributed by atoms with Gasteiger partial charge in [0.05, 0.1) is 26.8 Å². The molecule has 1 aliphatic rings. The van der Waals surface area contributed by atoms with Crippen LogP contribution in [-0.2, 0) is 0 Å². The molecule has 0 aliphatic carbocycles. The fraction of sp³-hybridized carbons (Fsp3) is 0.533. The Hall–Kier alpha value is -1.91. The Morgan fingerprint density at radius 1 is 1.30 bits per heavy atom. The Balaban J connectivity index is 2.26. The fourth-order valence-electron chi connectivity index (χ4n) is 2.49. The van der Waals surface area contributed by atoms with Crippen molar-refractivity contribution in [2.24, 2.45) is 16.6 Å². The minimum absolute atomic E-state index is 0.178. The van der Waals surface area contributed by atoms with Crippen molar-refractivity contribution in [2.45, 2.75) is 19.9 Å². The van der Waals surface area contributed by atoms with Crippen LogP contribution >= 0.6 is 0 Å². The lowest BCUT2D eigenvalue weighted by atomic mass is 10.0. The maximum Gasteiger partial charge on any atom is 0.191 e. The van der Waals surface area contributed by atoms with E-state index in [1.807, 2.05) is 18.2 Å². The van der Waals surface area contributed by atoms with Crippen molar-refractivity contribution in [1.29, 1.82) is 0 Å². The molecule has 1 unspecified atom stereocenters. The zero-order valence-corrected chi connectivity index (χ0v) is 12.6. The second-order valence-corrected chi connectivity index (χ2v) is 5.38. The normalized spacial score (nSPS) is 18.4. The van der Waals surface area contributed by atoms with Crippen molar-refractivity contribution in [3.63, 3.8) is 0 Å². The van der Waals surface area contributed by atoms with Crippen LogP contribution in [-0.4, -0.2) is 38.2 Å². The lowest BCUT2D eigenvalue weighted by molar-refractivity contribution is 0.307. The van der Waals surface area contributed by atoms with Gasteiger partial charge in [-0.2, -0.15) is 0 Å². The number of hydrogen-bond donors (Lipinski definition) is 1. The average Bonchev–Trinajstić information content (AvgIpc) is 2.79. The first-order valence-electron chi connectivity index (χ1n) is 6.85. The van der Waals surface area contributed by atoms with Gasteiger partial charge in [0.25, 0.3) is 0 Å². The van der Waals surface area contributed by atoms with Crippen LogP contribution in [0, 0.1) is 5.92 Å². The SMILES string of the molecule is COc1ccc(C2CN=C(N)N2CC(C)C)cc1OC. The highest BCUT2D eigenvalue weighted by atomic mass is 16.5. The van der Waals surface area contributed by atoms with Crippen LogP contribution in [0.25, 0.3) is 0 Å². The summed E-state index contributed by atoms with van der Waals surface area (Å²) in [6.07, 6.45) is 0. The van der Waals surface area contributed by atoms with E-state index in [1.165, 1.54) is 0 Å². The second kappa shape index (κ2) is 6.03. The summed E-state index contributed by atoms with van der Waals surface area (Å²) in [6.45, 7) is 5.94. The van der Waals surface area contributed by atoms with Gasteiger partial charge in [-0.3, -0.25) is 4.99 Å². The van der Waals surface area contributed by atoms with E-state index in [9.17, 15) is 0 Å². The first-order valence-corrected chi connectivity index (χ1v) is 6.85. The van der Waals surface area contributed by atoms with Crippen LogP contribution in [0.15, 0.2) is 23.2 Å². The van der Waals surface area contributed by atoms with Crippen LogP contribution in [0.5, 0.6) is 11.5 Å². The molecule has 2 rings (SSSR count). The topological polar surface area (TPSA) is 60.1 Å². The molecule has 1 atom stereocenters. The smallest absolute Gasteiger partial charge is 0.191 e. The summed E-state index contributed by atoms with van der Waals surface area (Å²) in [4.78, 5) is 6.53. The zero-order valence-electron chi connectivity index (χ0n) is 12.6. The molecule has 1 heterocycles. The predicted octanol–water partition coefficient (Wildman–Crippen LogP) is 2.03. The van der Waals surface area contributed by atoms with Gasteiger partial charge in [-0.1, -0.05) is 19.9 Å². The fourth-order valence-corrected chi connectivity index (χ4v) is 2.49. The molecule has 0 radical (unpaired) electrons. The summed E-state index contributed by atoms with van der Waals surface area (Å²) in [6, 6.07) is 6.16. The van der Waals surface area contributed by atoms with Gasteiger partial charge in [0.15, 0.2) is 17.5 Å². The first kappa shape index (κ1) is 14.5. The number of methoxy groups -OCH3 is 2. The maximum atomic E-state index is 6.00. The van der Waals surface area contributed by atoms with Crippen LogP contribution < -0.4 is 15.2 Å². The minimum Gasteiger partial charge on any atom is -0.493 e. The predicted molar refractivity (Wildman–Crippen MR) is 80.3 cm³/mol. The van der Waals surface area contributed by atoms with Gasteiger partial charge in [0.2, 0.25) is 0 Å². The molecule has 0 saturated carbocycles. The third-order valence-electron chi connectivity index (χ3n) is 3.45. The van der Waals surface area contributed by atoms with Crippen LogP contribution in [0.4, 0.5) is 0 Å². The second-order valence-electron chi connectivity index (χ2n) is 5.38. The molecule has 1 aromatic rings. The maximum absolute atomic E-state index is 6.00. The lowest BCUT2D eigenvalue weighted by Crippen LogP contribution is -2.38. The molecule has 0 bridgehead atoms. The Labute approximate surface area is 120 Å². The van der Waals surface area contributed by atoms with Crippen molar-refractivity contribution in [3.8, 4) is 11.5 Å². The van der Waals surface area contributed by atoms with Crippen LogP contribution in [0.3, 0.4) is 0 Å². The van der Waals surface area contributed by atoms with Crippen molar-refractivity contribution in [2.75, 3.05) is 27.3 Å². The van der Waals surface area contributed by atoms with Gasteiger partial charge in [0, 0.05) is 6.54 Å². The third-order valence-corrected chi connectivity index (χ3v) is 3.45. The molecule has 110 valence electrons. The van der Waals surface area contributed by atoms with Crippen molar-refractivity contribution in [1.82, 2.24) is 4.90 Å². The number of rotatable bonds is 5. The van der Waals surface area contributed by atoms with E-state index in [1.54, 1.807) is 14.2 Å². The highest BCUT2D eigenvalue weighted by Crippen LogP contribution is 2.33. The average molecular weight is 277 g/mol. The summed E-state index contributed by atoms with van der Waals surface area (Å²) in [5.74, 6) is 2.63. The zero-order chi connectivity index (χ0) is 14.7. The van der Waals surface area contributed by atoms with E-state index in [2.05, 4.69) is 23.7 Å². The molecule has 0 aromatic heterocycles. The molecule has 0 spiro atoms. The number of guanidine groups is 1. The molecule has 0 saturated heterocycles. The monoisotopic (exact) mass is 277 g/mol. The summed E-state index contributed by atoms with van der Waals surface area (Å²) in [7, 11) is 3.28. The van der Waals surface area contributed by atoms with E-state index in [-0.39, 0.29) is 6.04 Å².